The first-order chi connectivity index (χ1) is 14.3. The van der Waals surface area contributed by atoms with E-state index in [4.69, 9.17) is 14.2 Å². The SMILES string of the molecule is CCCCCCOc1ccc(/C=C/C(=O)Oc2ccccc2C(C)(C)C)cc1OC. The Hall–Kier alpha value is -2.75. The van der Waals surface area contributed by atoms with Crippen LogP contribution in [0.5, 0.6) is 17.2 Å². The predicted molar refractivity (Wildman–Crippen MR) is 122 cm³/mol. The average molecular weight is 411 g/mol. The number of ether oxygens (including phenoxy) is 3. The highest BCUT2D eigenvalue weighted by molar-refractivity contribution is 5.89. The van der Waals surface area contributed by atoms with Crippen molar-refractivity contribution in [1.82, 2.24) is 0 Å². The van der Waals surface area contributed by atoms with Crippen molar-refractivity contribution >= 4 is 12.0 Å². The monoisotopic (exact) mass is 410 g/mol. The van der Waals surface area contributed by atoms with Crippen molar-refractivity contribution in [2.75, 3.05) is 13.7 Å². The summed E-state index contributed by atoms with van der Waals surface area (Å²) >= 11 is 0. The summed E-state index contributed by atoms with van der Waals surface area (Å²) in [7, 11) is 1.62. The van der Waals surface area contributed by atoms with Crippen LogP contribution in [0.2, 0.25) is 0 Å². The van der Waals surface area contributed by atoms with E-state index in [2.05, 4.69) is 27.7 Å². The topological polar surface area (TPSA) is 44.8 Å². The van der Waals surface area contributed by atoms with E-state index in [-0.39, 0.29) is 5.41 Å². The molecule has 0 heterocycles. The summed E-state index contributed by atoms with van der Waals surface area (Å²) < 4.78 is 16.9. The molecule has 2 aromatic rings. The second-order valence-electron chi connectivity index (χ2n) is 8.32. The van der Waals surface area contributed by atoms with E-state index < -0.39 is 5.97 Å². The van der Waals surface area contributed by atoms with Crippen LogP contribution in [0, 0.1) is 0 Å². The number of methoxy groups -OCH3 is 1. The van der Waals surface area contributed by atoms with Crippen LogP contribution in [0.25, 0.3) is 6.08 Å². The molecule has 4 heteroatoms. The molecule has 0 aliphatic rings. The molecule has 162 valence electrons. The second-order valence-corrected chi connectivity index (χ2v) is 8.32. The molecule has 0 bridgehead atoms. The van der Waals surface area contributed by atoms with Gasteiger partial charge >= 0.3 is 5.97 Å². The number of rotatable bonds is 10. The Morgan fingerprint density at radius 3 is 2.43 bits per heavy atom. The number of unbranched alkanes of at least 4 members (excludes halogenated alkanes) is 3. The lowest BCUT2D eigenvalue weighted by atomic mass is 9.86. The molecule has 0 amide bonds. The average Bonchev–Trinajstić information content (AvgIpc) is 2.72. The highest BCUT2D eigenvalue weighted by atomic mass is 16.5. The predicted octanol–water partition coefficient (Wildman–Crippen LogP) is 6.57. The fraction of sp³-hybridized carbons (Fsp3) is 0.423. The van der Waals surface area contributed by atoms with E-state index in [1.807, 2.05) is 42.5 Å². The second kappa shape index (κ2) is 11.4. The molecular weight excluding hydrogens is 376 g/mol. The fourth-order valence-electron chi connectivity index (χ4n) is 3.10. The largest absolute Gasteiger partial charge is 0.493 e. The molecule has 0 fully saturated rings. The van der Waals surface area contributed by atoms with Crippen LogP contribution in [0.4, 0.5) is 0 Å². The minimum absolute atomic E-state index is 0.111. The number of esters is 1. The Morgan fingerprint density at radius 1 is 0.967 bits per heavy atom. The van der Waals surface area contributed by atoms with E-state index in [9.17, 15) is 4.79 Å². The number of carbonyl (C=O) groups excluding carboxylic acids is 1. The lowest BCUT2D eigenvalue weighted by molar-refractivity contribution is -0.128. The molecule has 30 heavy (non-hydrogen) atoms. The molecule has 0 spiro atoms. The van der Waals surface area contributed by atoms with Gasteiger partial charge in [-0.1, -0.05) is 71.2 Å². The van der Waals surface area contributed by atoms with Crippen LogP contribution in [-0.2, 0) is 10.2 Å². The molecule has 0 atom stereocenters. The third kappa shape index (κ3) is 7.25. The van der Waals surface area contributed by atoms with E-state index >= 15 is 0 Å². The van der Waals surface area contributed by atoms with Gasteiger partial charge in [-0.3, -0.25) is 0 Å². The lowest BCUT2D eigenvalue weighted by Gasteiger charge is -2.21. The van der Waals surface area contributed by atoms with Gasteiger partial charge in [0.1, 0.15) is 5.75 Å². The normalized spacial score (nSPS) is 11.5. The van der Waals surface area contributed by atoms with Crippen LogP contribution in [0.15, 0.2) is 48.5 Å². The van der Waals surface area contributed by atoms with E-state index in [1.54, 1.807) is 13.2 Å². The van der Waals surface area contributed by atoms with Crippen LogP contribution in [0.1, 0.15) is 64.5 Å². The van der Waals surface area contributed by atoms with Gasteiger partial charge in [-0.2, -0.15) is 0 Å². The van der Waals surface area contributed by atoms with Gasteiger partial charge in [0.25, 0.3) is 0 Å². The van der Waals surface area contributed by atoms with Gasteiger partial charge in [0.2, 0.25) is 0 Å². The molecule has 0 saturated carbocycles. The first-order valence-corrected chi connectivity index (χ1v) is 10.7. The third-order valence-electron chi connectivity index (χ3n) is 4.76. The molecule has 0 unspecified atom stereocenters. The Bertz CT molecular complexity index is 846. The minimum atomic E-state index is -0.415. The molecule has 2 rings (SSSR count). The van der Waals surface area contributed by atoms with Gasteiger partial charge in [-0.05, 0) is 41.7 Å². The van der Waals surface area contributed by atoms with Crippen LogP contribution in [0.3, 0.4) is 0 Å². The maximum atomic E-state index is 12.3. The van der Waals surface area contributed by atoms with Crippen molar-refractivity contribution in [2.24, 2.45) is 0 Å². The summed E-state index contributed by atoms with van der Waals surface area (Å²) in [5.41, 5.74) is 1.72. The van der Waals surface area contributed by atoms with E-state index in [0.717, 1.165) is 17.5 Å². The molecule has 0 aliphatic heterocycles. The Kier molecular flexibility index (Phi) is 8.97. The van der Waals surface area contributed by atoms with Gasteiger partial charge in [0.15, 0.2) is 11.5 Å². The molecule has 0 saturated heterocycles. The van der Waals surface area contributed by atoms with Crippen molar-refractivity contribution in [3.8, 4) is 17.2 Å². The van der Waals surface area contributed by atoms with Crippen molar-refractivity contribution in [2.45, 2.75) is 58.8 Å². The summed E-state index contributed by atoms with van der Waals surface area (Å²) in [6.45, 7) is 9.14. The Morgan fingerprint density at radius 2 is 1.73 bits per heavy atom. The van der Waals surface area contributed by atoms with Gasteiger partial charge < -0.3 is 14.2 Å². The summed E-state index contributed by atoms with van der Waals surface area (Å²) in [6, 6.07) is 13.3. The molecule has 0 aliphatic carbocycles. The molecule has 0 radical (unpaired) electrons. The van der Waals surface area contributed by atoms with E-state index in [0.29, 0.717) is 23.9 Å². The fourth-order valence-corrected chi connectivity index (χ4v) is 3.10. The number of carbonyl (C=O) groups is 1. The Balaban J connectivity index is 2.01. The Labute approximate surface area is 180 Å². The van der Waals surface area contributed by atoms with Crippen LogP contribution in [-0.4, -0.2) is 19.7 Å². The number of hydrogen-bond acceptors (Lipinski definition) is 4. The third-order valence-corrected chi connectivity index (χ3v) is 4.76. The van der Waals surface area contributed by atoms with Gasteiger partial charge in [-0.15, -0.1) is 0 Å². The summed E-state index contributed by atoms with van der Waals surface area (Å²) in [6.07, 6.45) is 7.77. The maximum Gasteiger partial charge on any atom is 0.336 e. The van der Waals surface area contributed by atoms with Gasteiger partial charge in [0.05, 0.1) is 13.7 Å². The van der Waals surface area contributed by atoms with Crippen molar-refractivity contribution in [3.63, 3.8) is 0 Å². The quantitative estimate of drug-likeness (QED) is 0.192. The molecule has 0 aromatic heterocycles. The smallest absolute Gasteiger partial charge is 0.336 e. The summed E-state index contributed by atoms with van der Waals surface area (Å²) in [4.78, 5) is 12.3. The number of hydrogen-bond donors (Lipinski definition) is 0. The van der Waals surface area contributed by atoms with Gasteiger partial charge in [-0.25, -0.2) is 4.79 Å². The summed E-state index contributed by atoms with van der Waals surface area (Å²) in [5.74, 6) is 1.54. The summed E-state index contributed by atoms with van der Waals surface area (Å²) in [5, 5.41) is 0. The highest BCUT2D eigenvalue weighted by Crippen LogP contribution is 2.31. The zero-order chi connectivity index (χ0) is 22.0. The first kappa shape index (κ1) is 23.5. The lowest BCUT2D eigenvalue weighted by Crippen LogP contribution is -2.15. The van der Waals surface area contributed by atoms with Crippen molar-refractivity contribution < 1.29 is 19.0 Å². The van der Waals surface area contributed by atoms with Crippen molar-refractivity contribution in [1.29, 1.82) is 0 Å². The zero-order valence-corrected chi connectivity index (χ0v) is 18.9. The van der Waals surface area contributed by atoms with Crippen LogP contribution >= 0.6 is 0 Å². The van der Waals surface area contributed by atoms with Crippen molar-refractivity contribution in [3.05, 3.63) is 59.7 Å². The standard InChI is InChI=1S/C26H34O4/c1-6-7-8-11-18-29-23-16-14-20(19-24(23)28-5)15-17-25(27)30-22-13-10-9-12-21(22)26(2,3)4/h9-10,12-17,19H,6-8,11,18H2,1-5H3/b17-15+. The zero-order valence-electron chi connectivity index (χ0n) is 18.9. The molecular formula is C26H34O4. The highest BCUT2D eigenvalue weighted by Gasteiger charge is 2.19. The molecule has 0 N–H and O–H groups in total. The number of para-hydroxylation sites is 1. The molecule has 2 aromatic carbocycles. The number of benzene rings is 2. The van der Waals surface area contributed by atoms with Gasteiger partial charge in [0, 0.05) is 11.6 Å². The molecule has 4 nitrogen and oxygen atoms in total. The van der Waals surface area contributed by atoms with E-state index in [1.165, 1.54) is 25.3 Å². The maximum absolute atomic E-state index is 12.3. The first-order valence-electron chi connectivity index (χ1n) is 10.7. The minimum Gasteiger partial charge on any atom is -0.493 e. The van der Waals surface area contributed by atoms with Crippen LogP contribution < -0.4 is 14.2 Å².